The number of hydrogen-bond donors (Lipinski definition) is 3. The molecule has 0 spiro atoms. The molecule has 0 aliphatic carbocycles. The van der Waals surface area contributed by atoms with Crippen LogP contribution in [0.4, 0.5) is 4.39 Å². The van der Waals surface area contributed by atoms with E-state index in [0.29, 0.717) is 13.1 Å². The second-order valence-electron chi connectivity index (χ2n) is 6.65. The van der Waals surface area contributed by atoms with Crippen LogP contribution in [-0.4, -0.2) is 30.4 Å². The van der Waals surface area contributed by atoms with Crippen LogP contribution in [0.25, 0.3) is 0 Å². The van der Waals surface area contributed by atoms with Crippen molar-refractivity contribution in [3.63, 3.8) is 0 Å². The van der Waals surface area contributed by atoms with E-state index in [1.165, 1.54) is 12.1 Å². The summed E-state index contributed by atoms with van der Waals surface area (Å²) in [6.45, 7) is 1.35. The number of hydrazine groups is 1. The van der Waals surface area contributed by atoms with E-state index in [9.17, 15) is 9.18 Å². The van der Waals surface area contributed by atoms with E-state index in [-0.39, 0.29) is 30.2 Å². The van der Waals surface area contributed by atoms with Crippen LogP contribution < -0.4 is 16.6 Å². The molecule has 0 aromatic heterocycles. The first-order valence-electron chi connectivity index (χ1n) is 8.70. The minimum Gasteiger partial charge on any atom is -0.332 e. The SMILES string of the molecule is NCC(C(=O)N1CC2=C(C1)C(c1ccc(F)cc1)NN2)c1ccccc1. The first-order valence-corrected chi connectivity index (χ1v) is 8.70. The zero-order chi connectivity index (χ0) is 18.1. The maximum absolute atomic E-state index is 13.2. The number of amides is 1. The molecule has 2 unspecified atom stereocenters. The largest absolute Gasteiger partial charge is 0.332 e. The highest BCUT2D eigenvalue weighted by Crippen LogP contribution is 2.33. The normalized spacial score (nSPS) is 20.1. The Hall–Kier alpha value is -2.70. The maximum atomic E-state index is 13.2. The summed E-state index contributed by atoms with van der Waals surface area (Å²) in [7, 11) is 0. The third-order valence-corrected chi connectivity index (χ3v) is 5.06. The number of hydrogen-bond acceptors (Lipinski definition) is 4. The van der Waals surface area contributed by atoms with Crippen LogP contribution in [0, 0.1) is 5.82 Å². The predicted molar refractivity (Wildman–Crippen MR) is 97.3 cm³/mol. The van der Waals surface area contributed by atoms with Gasteiger partial charge in [-0.05, 0) is 28.8 Å². The number of halogens is 1. The van der Waals surface area contributed by atoms with Crippen LogP contribution in [0.5, 0.6) is 0 Å². The maximum Gasteiger partial charge on any atom is 0.232 e. The minimum absolute atomic E-state index is 0.0350. The van der Waals surface area contributed by atoms with Crippen molar-refractivity contribution in [2.45, 2.75) is 12.0 Å². The standard InChI is InChI=1S/C20H21FN4O/c21-15-8-6-14(7-9-15)19-17-11-25(12-18(17)23-24-19)20(26)16(10-22)13-4-2-1-3-5-13/h1-9,16,19,23-24H,10-12,22H2. The summed E-state index contributed by atoms with van der Waals surface area (Å²) in [6.07, 6.45) is 0. The van der Waals surface area contributed by atoms with Gasteiger partial charge in [0, 0.05) is 18.8 Å². The van der Waals surface area contributed by atoms with Crippen molar-refractivity contribution >= 4 is 5.91 Å². The highest BCUT2D eigenvalue weighted by molar-refractivity contribution is 5.85. The number of nitrogens with zero attached hydrogens (tertiary/aromatic N) is 1. The quantitative estimate of drug-likeness (QED) is 0.785. The topological polar surface area (TPSA) is 70.4 Å². The van der Waals surface area contributed by atoms with Crippen molar-refractivity contribution in [2.75, 3.05) is 19.6 Å². The van der Waals surface area contributed by atoms with Gasteiger partial charge in [-0.3, -0.25) is 4.79 Å². The predicted octanol–water partition coefficient (Wildman–Crippen LogP) is 1.81. The fourth-order valence-corrected chi connectivity index (χ4v) is 3.66. The molecule has 0 saturated carbocycles. The molecular formula is C20H21FN4O. The van der Waals surface area contributed by atoms with Gasteiger partial charge in [0.05, 0.1) is 18.5 Å². The molecule has 134 valence electrons. The molecule has 0 saturated heterocycles. The Kier molecular flexibility index (Phi) is 4.44. The van der Waals surface area contributed by atoms with Crippen LogP contribution >= 0.6 is 0 Å². The monoisotopic (exact) mass is 352 g/mol. The van der Waals surface area contributed by atoms with E-state index in [2.05, 4.69) is 10.9 Å². The Morgan fingerprint density at radius 1 is 1.15 bits per heavy atom. The molecular weight excluding hydrogens is 331 g/mol. The van der Waals surface area contributed by atoms with Gasteiger partial charge in [-0.1, -0.05) is 42.5 Å². The van der Waals surface area contributed by atoms with Gasteiger partial charge in [0.2, 0.25) is 5.91 Å². The van der Waals surface area contributed by atoms with E-state index in [4.69, 9.17) is 5.73 Å². The zero-order valence-electron chi connectivity index (χ0n) is 14.3. The summed E-state index contributed by atoms with van der Waals surface area (Å²) in [5.74, 6) is -0.563. The molecule has 4 rings (SSSR count). The number of carbonyl (C=O) groups excluding carboxylic acids is 1. The third-order valence-electron chi connectivity index (χ3n) is 5.06. The van der Waals surface area contributed by atoms with Crippen molar-refractivity contribution in [3.05, 3.63) is 82.8 Å². The Morgan fingerprint density at radius 2 is 1.88 bits per heavy atom. The van der Waals surface area contributed by atoms with E-state index in [0.717, 1.165) is 22.4 Å². The van der Waals surface area contributed by atoms with Crippen molar-refractivity contribution in [2.24, 2.45) is 5.73 Å². The number of nitrogens with one attached hydrogen (secondary N) is 2. The number of rotatable bonds is 4. The van der Waals surface area contributed by atoms with Gasteiger partial charge in [0.25, 0.3) is 0 Å². The average Bonchev–Trinajstić information content (AvgIpc) is 3.25. The molecule has 4 N–H and O–H groups in total. The van der Waals surface area contributed by atoms with Crippen LogP contribution in [-0.2, 0) is 4.79 Å². The van der Waals surface area contributed by atoms with Crippen molar-refractivity contribution in [1.29, 1.82) is 0 Å². The molecule has 2 aliphatic heterocycles. The highest BCUT2D eigenvalue weighted by Gasteiger charge is 2.37. The Bertz CT molecular complexity index is 835. The number of carbonyl (C=O) groups is 1. The Balaban J connectivity index is 1.50. The zero-order valence-corrected chi connectivity index (χ0v) is 14.3. The molecule has 2 aromatic rings. The molecule has 5 nitrogen and oxygen atoms in total. The van der Waals surface area contributed by atoms with Gasteiger partial charge < -0.3 is 16.1 Å². The highest BCUT2D eigenvalue weighted by atomic mass is 19.1. The molecule has 0 bridgehead atoms. The summed E-state index contributed by atoms with van der Waals surface area (Å²) in [5, 5.41) is 0. The van der Waals surface area contributed by atoms with Crippen molar-refractivity contribution in [3.8, 4) is 0 Å². The van der Waals surface area contributed by atoms with Gasteiger partial charge in [0.1, 0.15) is 5.82 Å². The van der Waals surface area contributed by atoms with Gasteiger partial charge in [-0.15, -0.1) is 0 Å². The first kappa shape index (κ1) is 16.8. The van der Waals surface area contributed by atoms with E-state index < -0.39 is 0 Å². The fourth-order valence-electron chi connectivity index (χ4n) is 3.66. The molecule has 0 radical (unpaired) electrons. The lowest BCUT2D eigenvalue weighted by atomic mass is 9.97. The molecule has 2 heterocycles. The Morgan fingerprint density at radius 3 is 2.58 bits per heavy atom. The van der Waals surface area contributed by atoms with Gasteiger partial charge in [0.15, 0.2) is 0 Å². The lowest BCUT2D eigenvalue weighted by molar-refractivity contribution is -0.131. The van der Waals surface area contributed by atoms with Crippen molar-refractivity contribution < 1.29 is 9.18 Å². The molecule has 26 heavy (non-hydrogen) atoms. The number of nitrogens with two attached hydrogens (primary N) is 1. The first-order chi connectivity index (χ1) is 12.7. The summed E-state index contributed by atoms with van der Waals surface area (Å²) in [6, 6.07) is 16.0. The van der Waals surface area contributed by atoms with Crippen LogP contribution in [0.2, 0.25) is 0 Å². The smallest absolute Gasteiger partial charge is 0.232 e. The minimum atomic E-state index is -0.339. The lowest BCUT2D eigenvalue weighted by Crippen LogP contribution is -2.41. The van der Waals surface area contributed by atoms with Gasteiger partial charge in [-0.2, -0.15) is 0 Å². The Labute approximate surface area is 151 Å². The molecule has 2 aliphatic rings. The van der Waals surface area contributed by atoms with Crippen molar-refractivity contribution in [1.82, 2.24) is 15.8 Å². The lowest BCUT2D eigenvalue weighted by Gasteiger charge is -2.26. The average molecular weight is 352 g/mol. The van der Waals surface area contributed by atoms with E-state index in [1.807, 2.05) is 35.2 Å². The van der Waals surface area contributed by atoms with Crippen LogP contribution in [0.3, 0.4) is 0 Å². The molecule has 6 heteroatoms. The summed E-state index contributed by atoms with van der Waals surface area (Å²) in [5.41, 5.74) is 16.3. The molecule has 2 atom stereocenters. The second kappa shape index (κ2) is 6.90. The van der Waals surface area contributed by atoms with Gasteiger partial charge >= 0.3 is 0 Å². The fraction of sp³-hybridized carbons (Fsp3) is 0.250. The van der Waals surface area contributed by atoms with Crippen LogP contribution in [0.1, 0.15) is 23.1 Å². The van der Waals surface area contributed by atoms with Crippen LogP contribution in [0.15, 0.2) is 65.9 Å². The third kappa shape index (κ3) is 2.98. The molecule has 0 fully saturated rings. The van der Waals surface area contributed by atoms with E-state index in [1.54, 1.807) is 12.1 Å². The summed E-state index contributed by atoms with van der Waals surface area (Å²) < 4.78 is 13.2. The summed E-state index contributed by atoms with van der Waals surface area (Å²) >= 11 is 0. The van der Waals surface area contributed by atoms with Gasteiger partial charge in [-0.25, -0.2) is 9.82 Å². The molecule has 1 amide bonds. The summed E-state index contributed by atoms with van der Waals surface area (Å²) in [4.78, 5) is 14.9. The second-order valence-corrected chi connectivity index (χ2v) is 6.65. The van der Waals surface area contributed by atoms with E-state index >= 15 is 0 Å². The molecule has 2 aromatic carbocycles. The number of benzene rings is 2.